The monoisotopic (exact) mass is 594 g/mol. The third kappa shape index (κ3) is 8.62. The summed E-state index contributed by atoms with van der Waals surface area (Å²) in [7, 11) is -4.06. The van der Waals surface area contributed by atoms with E-state index in [-0.39, 0.29) is 36.3 Å². The topological polar surface area (TPSA) is 130 Å². The third-order valence-electron chi connectivity index (χ3n) is 7.06. The van der Waals surface area contributed by atoms with Crippen LogP contribution in [-0.4, -0.2) is 54.9 Å². The van der Waals surface area contributed by atoms with Gasteiger partial charge in [0.05, 0.1) is 16.9 Å². The van der Waals surface area contributed by atoms with Crippen LogP contribution in [0.15, 0.2) is 72.8 Å². The molecular weight excluding hydrogens is 556 g/mol. The number of aryl methyl sites for hydroxylation is 2. The molecule has 0 unspecified atom stereocenters. The number of non-ortho nitro benzene ring substituents is 1. The minimum Gasteiger partial charge on any atom is -0.352 e. The van der Waals surface area contributed by atoms with E-state index < -0.39 is 33.4 Å². The fourth-order valence-corrected chi connectivity index (χ4v) is 5.48. The number of carbonyl (C=O) groups is 2. The second-order valence-electron chi connectivity index (χ2n) is 10.5. The van der Waals surface area contributed by atoms with Gasteiger partial charge >= 0.3 is 0 Å². The van der Waals surface area contributed by atoms with Gasteiger partial charge in [0.1, 0.15) is 12.6 Å². The zero-order valence-electron chi connectivity index (χ0n) is 24.6. The summed E-state index contributed by atoms with van der Waals surface area (Å²) in [6.07, 6.45) is 1.83. The molecule has 0 aliphatic heterocycles. The molecule has 2 atom stereocenters. The summed E-state index contributed by atoms with van der Waals surface area (Å²) >= 11 is 0. The molecule has 0 bridgehead atoms. The second kappa shape index (κ2) is 14.1. The lowest BCUT2D eigenvalue weighted by Gasteiger charge is -2.34. The Morgan fingerprint density at radius 3 is 2.24 bits per heavy atom. The van der Waals surface area contributed by atoms with Crippen molar-refractivity contribution in [2.45, 2.75) is 59.2 Å². The summed E-state index contributed by atoms with van der Waals surface area (Å²) in [5.74, 6) is -0.972. The maximum Gasteiger partial charge on any atom is 0.271 e. The van der Waals surface area contributed by atoms with Gasteiger partial charge in [-0.2, -0.15) is 0 Å². The van der Waals surface area contributed by atoms with Crippen LogP contribution in [0.3, 0.4) is 0 Å². The van der Waals surface area contributed by atoms with Gasteiger partial charge in [0, 0.05) is 31.1 Å². The van der Waals surface area contributed by atoms with E-state index in [0.29, 0.717) is 12.0 Å². The van der Waals surface area contributed by atoms with Crippen molar-refractivity contribution >= 4 is 33.2 Å². The first kappa shape index (κ1) is 32.3. The molecule has 2 amide bonds. The maximum absolute atomic E-state index is 14.2. The SMILES string of the molecule is CC[C@@H](C)NC(=O)[C@H](Cc1ccccc1)N(Cc1cccc(C)c1)C(=O)CN(c1cc([N+](=O)[O-])ccc1C)S(C)(=O)=O. The highest BCUT2D eigenvalue weighted by Crippen LogP contribution is 2.28. The minimum absolute atomic E-state index is 0.0271. The molecule has 3 rings (SSSR count). The van der Waals surface area contributed by atoms with Crippen LogP contribution in [0, 0.1) is 24.0 Å². The first-order chi connectivity index (χ1) is 19.8. The molecule has 11 heteroatoms. The Kier molecular flexibility index (Phi) is 10.8. The highest BCUT2D eigenvalue weighted by molar-refractivity contribution is 7.92. The highest BCUT2D eigenvalue weighted by atomic mass is 32.2. The number of amides is 2. The Morgan fingerprint density at radius 2 is 1.64 bits per heavy atom. The van der Waals surface area contributed by atoms with Gasteiger partial charge in [0.25, 0.3) is 5.69 Å². The van der Waals surface area contributed by atoms with E-state index in [1.54, 1.807) is 6.92 Å². The largest absolute Gasteiger partial charge is 0.352 e. The number of rotatable bonds is 13. The minimum atomic E-state index is -4.06. The van der Waals surface area contributed by atoms with Crippen molar-refractivity contribution in [3.05, 3.63) is 105 Å². The fraction of sp³-hybridized carbons (Fsp3) is 0.355. The predicted octanol–water partition coefficient (Wildman–Crippen LogP) is 4.53. The maximum atomic E-state index is 14.2. The summed E-state index contributed by atoms with van der Waals surface area (Å²) in [6, 6.07) is 19.6. The number of nitro groups is 1. The molecule has 0 fully saturated rings. The molecule has 0 saturated heterocycles. The van der Waals surface area contributed by atoms with Crippen molar-refractivity contribution in [2.24, 2.45) is 0 Å². The molecule has 0 saturated carbocycles. The normalized spacial score (nSPS) is 12.7. The van der Waals surface area contributed by atoms with Crippen LogP contribution in [0.1, 0.15) is 42.5 Å². The molecule has 1 N–H and O–H groups in total. The summed E-state index contributed by atoms with van der Waals surface area (Å²) in [4.78, 5) is 40.2. The molecule has 0 heterocycles. The van der Waals surface area contributed by atoms with Gasteiger partial charge in [-0.25, -0.2) is 8.42 Å². The van der Waals surface area contributed by atoms with Crippen LogP contribution in [0.25, 0.3) is 0 Å². The number of hydrogen-bond acceptors (Lipinski definition) is 6. The Hall–Kier alpha value is -4.25. The zero-order valence-corrected chi connectivity index (χ0v) is 25.4. The van der Waals surface area contributed by atoms with Crippen LogP contribution in [-0.2, 0) is 32.6 Å². The Morgan fingerprint density at radius 1 is 0.976 bits per heavy atom. The van der Waals surface area contributed by atoms with Gasteiger partial charge in [0.2, 0.25) is 21.8 Å². The number of hydrogen-bond donors (Lipinski definition) is 1. The lowest BCUT2D eigenvalue weighted by molar-refractivity contribution is -0.384. The smallest absolute Gasteiger partial charge is 0.271 e. The molecule has 42 heavy (non-hydrogen) atoms. The first-order valence-corrected chi connectivity index (χ1v) is 15.6. The van der Waals surface area contributed by atoms with Gasteiger partial charge in [-0.05, 0) is 43.9 Å². The predicted molar refractivity (Wildman–Crippen MR) is 164 cm³/mol. The average Bonchev–Trinajstić information content (AvgIpc) is 2.93. The molecule has 0 spiro atoms. The average molecular weight is 595 g/mol. The summed E-state index contributed by atoms with van der Waals surface area (Å²) in [6.45, 7) is 6.76. The van der Waals surface area contributed by atoms with Crippen molar-refractivity contribution in [3.63, 3.8) is 0 Å². The molecule has 3 aromatic rings. The number of benzene rings is 3. The van der Waals surface area contributed by atoms with Crippen LogP contribution >= 0.6 is 0 Å². The Balaban J connectivity index is 2.11. The van der Waals surface area contributed by atoms with Crippen molar-refractivity contribution in [3.8, 4) is 0 Å². The molecule has 0 aliphatic carbocycles. The van der Waals surface area contributed by atoms with E-state index >= 15 is 0 Å². The van der Waals surface area contributed by atoms with Gasteiger partial charge in [-0.1, -0.05) is 73.2 Å². The number of nitrogens with zero attached hydrogens (tertiary/aromatic N) is 3. The van der Waals surface area contributed by atoms with Crippen molar-refractivity contribution in [1.29, 1.82) is 0 Å². The van der Waals surface area contributed by atoms with Crippen molar-refractivity contribution < 1.29 is 22.9 Å². The van der Waals surface area contributed by atoms with Crippen LogP contribution in [0.2, 0.25) is 0 Å². The van der Waals surface area contributed by atoms with E-state index in [1.165, 1.54) is 17.0 Å². The first-order valence-electron chi connectivity index (χ1n) is 13.7. The molecule has 10 nitrogen and oxygen atoms in total. The second-order valence-corrected chi connectivity index (χ2v) is 12.4. The van der Waals surface area contributed by atoms with E-state index in [9.17, 15) is 28.1 Å². The fourth-order valence-electron chi connectivity index (χ4n) is 4.58. The van der Waals surface area contributed by atoms with Gasteiger partial charge < -0.3 is 10.2 Å². The molecule has 0 aromatic heterocycles. The number of sulfonamides is 1. The molecule has 0 radical (unpaired) electrons. The Labute approximate surface area is 247 Å². The Bertz CT molecular complexity index is 1530. The molecule has 0 aliphatic rings. The van der Waals surface area contributed by atoms with E-state index in [0.717, 1.165) is 33.3 Å². The van der Waals surface area contributed by atoms with Crippen LogP contribution in [0.4, 0.5) is 11.4 Å². The quantitative estimate of drug-likeness (QED) is 0.229. The lowest BCUT2D eigenvalue weighted by atomic mass is 10.0. The summed E-state index contributed by atoms with van der Waals surface area (Å²) < 4.78 is 26.9. The molecule has 3 aromatic carbocycles. The zero-order chi connectivity index (χ0) is 31.0. The lowest BCUT2D eigenvalue weighted by Crippen LogP contribution is -2.54. The number of carbonyl (C=O) groups excluding carboxylic acids is 2. The number of nitro benzene ring substituents is 1. The van der Waals surface area contributed by atoms with E-state index in [4.69, 9.17) is 0 Å². The molecule has 224 valence electrons. The van der Waals surface area contributed by atoms with Crippen molar-refractivity contribution in [1.82, 2.24) is 10.2 Å². The van der Waals surface area contributed by atoms with Gasteiger partial charge in [-0.15, -0.1) is 0 Å². The van der Waals surface area contributed by atoms with Crippen LogP contribution < -0.4 is 9.62 Å². The standard InChI is InChI=1S/C31H38N4O6S/c1-6-24(4)32-31(37)29(18-25-12-8-7-9-13-25)33(20-26-14-10-11-22(2)17-26)30(36)21-34(42(5,40)41)28-19-27(35(38)39)16-15-23(28)3/h7-17,19,24,29H,6,18,20-21H2,1-5H3,(H,32,37)/t24-,29+/m1/s1. The van der Waals surface area contributed by atoms with E-state index in [2.05, 4.69) is 5.32 Å². The van der Waals surface area contributed by atoms with Crippen molar-refractivity contribution in [2.75, 3.05) is 17.1 Å². The van der Waals surface area contributed by atoms with Crippen LogP contribution in [0.5, 0.6) is 0 Å². The summed E-state index contributed by atoms with van der Waals surface area (Å²) in [5.41, 5.74) is 2.74. The van der Waals surface area contributed by atoms with E-state index in [1.807, 2.05) is 75.4 Å². The van der Waals surface area contributed by atoms with Gasteiger partial charge in [0.15, 0.2) is 0 Å². The third-order valence-corrected chi connectivity index (χ3v) is 8.19. The molecular formula is C31H38N4O6S. The number of nitrogens with one attached hydrogen (secondary N) is 1. The van der Waals surface area contributed by atoms with Gasteiger partial charge in [-0.3, -0.25) is 24.0 Å². The highest BCUT2D eigenvalue weighted by Gasteiger charge is 2.34. The number of anilines is 1. The summed E-state index contributed by atoms with van der Waals surface area (Å²) in [5, 5.41) is 14.5.